The number of amides is 3. The van der Waals surface area contributed by atoms with E-state index in [4.69, 9.17) is 23.2 Å². The van der Waals surface area contributed by atoms with Gasteiger partial charge >= 0.3 is 0 Å². The van der Waals surface area contributed by atoms with E-state index < -0.39 is 27.9 Å². The first kappa shape index (κ1) is 30.6. The molecular weight excluding hydrogens is 585 g/mol. The Morgan fingerprint density at radius 1 is 0.951 bits per heavy atom. The molecule has 1 N–H and O–H groups in total. The molecule has 3 aromatic carbocycles. The number of benzene rings is 3. The van der Waals surface area contributed by atoms with Crippen molar-refractivity contribution in [1.82, 2.24) is 14.5 Å². The first-order chi connectivity index (χ1) is 19.5. The highest BCUT2D eigenvalue weighted by molar-refractivity contribution is 7.90. The lowest BCUT2D eigenvalue weighted by Gasteiger charge is -2.33. The van der Waals surface area contributed by atoms with Crippen LogP contribution in [0.3, 0.4) is 0 Å². The van der Waals surface area contributed by atoms with Gasteiger partial charge in [0.1, 0.15) is 10.9 Å². The van der Waals surface area contributed by atoms with Crippen LogP contribution in [0.25, 0.3) is 0 Å². The van der Waals surface area contributed by atoms with Crippen molar-refractivity contribution in [1.29, 1.82) is 0 Å². The highest BCUT2D eigenvalue weighted by atomic mass is 35.5. The van der Waals surface area contributed by atoms with Crippen molar-refractivity contribution in [3.8, 4) is 0 Å². The maximum Gasteiger partial charge on any atom is 0.269 e. The van der Waals surface area contributed by atoms with Gasteiger partial charge in [-0.05, 0) is 43.2 Å². The standard InChI is InChI=1S/C30H31Cl2N3O5S/c1-3-20(2)33-29(37)26(18-21-10-5-4-6-11-21)34(19-23-24(31)13-9-14-25(23)32)28(36)16-17-35-30(38)22-12-7-8-15-27(22)41(35,39)40/h4-15,20,26H,3,16-19H2,1-2H3,(H,33,37)/t20-,26+/m0/s1. The van der Waals surface area contributed by atoms with Gasteiger partial charge in [0, 0.05) is 47.6 Å². The largest absolute Gasteiger partial charge is 0.352 e. The lowest BCUT2D eigenvalue weighted by atomic mass is 10.0. The van der Waals surface area contributed by atoms with Gasteiger partial charge in [0.2, 0.25) is 11.8 Å². The van der Waals surface area contributed by atoms with Crippen LogP contribution in [0.5, 0.6) is 0 Å². The second kappa shape index (κ2) is 13.1. The molecule has 0 aromatic heterocycles. The van der Waals surface area contributed by atoms with Crippen LogP contribution in [0, 0.1) is 0 Å². The third-order valence-corrected chi connectivity index (χ3v) is 9.65. The molecule has 1 heterocycles. The fourth-order valence-corrected chi connectivity index (χ4v) is 6.73. The Kier molecular flexibility index (Phi) is 9.73. The molecule has 8 nitrogen and oxygen atoms in total. The molecule has 1 aliphatic heterocycles. The highest BCUT2D eigenvalue weighted by Gasteiger charge is 2.41. The van der Waals surface area contributed by atoms with Gasteiger partial charge in [0.05, 0.1) is 5.56 Å². The Hall–Kier alpha value is -3.40. The van der Waals surface area contributed by atoms with E-state index in [-0.39, 0.29) is 48.3 Å². The minimum Gasteiger partial charge on any atom is -0.352 e. The van der Waals surface area contributed by atoms with Gasteiger partial charge in [0.15, 0.2) is 0 Å². The van der Waals surface area contributed by atoms with Crippen LogP contribution in [0.1, 0.15) is 48.2 Å². The number of carbonyl (C=O) groups is 3. The molecule has 0 spiro atoms. The minimum absolute atomic E-state index is 0.0644. The van der Waals surface area contributed by atoms with E-state index in [2.05, 4.69) is 5.32 Å². The molecule has 3 aromatic rings. The fourth-order valence-electron chi connectivity index (χ4n) is 4.64. The lowest BCUT2D eigenvalue weighted by molar-refractivity contribution is -0.141. The Labute approximate surface area is 250 Å². The molecule has 0 saturated carbocycles. The second-order valence-electron chi connectivity index (χ2n) is 9.87. The van der Waals surface area contributed by atoms with Crippen LogP contribution in [0.15, 0.2) is 77.7 Å². The summed E-state index contributed by atoms with van der Waals surface area (Å²) < 4.78 is 26.9. The van der Waals surface area contributed by atoms with Gasteiger partial charge < -0.3 is 10.2 Å². The summed E-state index contributed by atoms with van der Waals surface area (Å²) in [5, 5.41) is 3.62. The van der Waals surface area contributed by atoms with Crippen molar-refractivity contribution in [2.45, 2.75) is 56.6 Å². The van der Waals surface area contributed by atoms with Gasteiger partial charge in [-0.15, -0.1) is 0 Å². The van der Waals surface area contributed by atoms with Crippen molar-refractivity contribution in [2.24, 2.45) is 0 Å². The van der Waals surface area contributed by atoms with E-state index in [0.29, 0.717) is 26.3 Å². The van der Waals surface area contributed by atoms with Crippen molar-refractivity contribution < 1.29 is 22.8 Å². The van der Waals surface area contributed by atoms with E-state index >= 15 is 0 Å². The Morgan fingerprint density at radius 3 is 2.22 bits per heavy atom. The minimum atomic E-state index is -4.10. The molecule has 0 aliphatic carbocycles. The summed E-state index contributed by atoms with van der Waals surface area (Å²) in [6, 6.07) is 19.1. The number of fused-ring (bicyclic) bond motifs is 1. The number of nitrogens with one attached hydrogen (secondary N) is 1. The number of rotatable bonds is 11. The van der Waals surface area contributed by atoms with Crippen LogP contribution in [0.4, 0.5) is 0 Å². The van der Waals surface area contributed by atoms with E-state index in [0.717, 1.165) is 5.56 Å². The highest BCUT2D eigenvalue weighted by Crippen LogP contribution is 2.31. The first-order valence-electron chi connectivity index (χ1n) is 13.3. The summed E-state index contributed by atoms with van der Waals surface area (Å²) in [6.07, 6.45) is 0.538. The molecule has 41 heavy (non-hydrogen) atoms. The predicted octanol–water partition coefficient (Wildman–Crippen LogP) is 5.08. The quantitative estimate of drug-likeness (QED) is 0.324. The molecule has 3 amide bonds. The topological polar surface area (TPSA) is 104 Å². The maximum atomic E-state index is 13.9. The Morgan fingerprint density at radius 2 is 1.59 bits per heavy atom. The summed E-state index contributed by atoms with van der Waals surface area (Å²) >= 11 is 12.9. The molecule has 1 aliphatic rings. The number of nitrogens with zero attached hydrogens (tertiary/aromatic N) is 2. The summed E-state index contributed by atoms with van der Waals surface area (Å²) in [4.78, 5) is 41.8. The predicted molar refractivity (Wildman–Crippen MR) is 158 cm³/mol. The molecule has 11 heteroatoms. The first-order valence-corrected chi connectivity index (χ1v) is 15.5. The van der Waals surface area contributed by atoms with Crippen LogP contribution in [-0.2, 0) is 32.6 Å². The van der Waals surface area contributed by atoms with Crippen molar-refractivity contribution in [2.75, 3.05) is 6.54 Å². The van der Waals surface area contributed by atoms with Gasteiger partial charge in [0.25, 0.3) is 15.9 Å². The third-order valence-electron chi connectivity index (χ3n) is 7.10. The fraction of sp³-hybridized carbons (Fsp3) is 0.300. The molecule has 0 radical (unpaired) electrons. The smallest absolute Gasteiger partial charge is 0.269 e. The van der Waals surface area contributed by atoms with Crippen molar-refractivity contribution in [3.63, 3.8) is 0 Å². The Balaban J connectivity index is 1.68. The molecule has 4 rings (SSSR count). The summed E-state index contributed by atoms with van der Waals surface area (Å²) in [5.41, 5.74) is 1.35. The van der Waals surface area contributed by atoms with Crippen molar-refractivity contribution >= 4 is 50.9 Å². The molecule has 0 saturated heterocycles. The third kappa shape index (κ3) is 6.74. The van der Waals surface area contributed by atoms with Gasteiger partial charge in [-0.2, -0.15) is 0 Å². The molecule has 0 bridgehead atoms. The SMILES string of the molecule is CC[C@H](C)NC(=O)[C@@H](Cc1ccccc1)N(Cc1c(Cl)cccc1Cl)C(=O)CCN1C(=O)c2ccccc2S1(=O)=O. The monoisotopic (exact) mass is 615 g/mol. The molecule has 0 fully saturated rings. The van der Waals surface area contributed by atoms with Crippen LogP contribution < -0.4 is 5.32 Å². The number of hydrogen-bond acceptors (Lipinski definition) is 5. The zero-order chi connectivity index (χ0) is 29.7. The zero-order valence-corrected chi connectivity index (χ0v) is 25.0. The summed E-state index contributed by atoms with van der Waals surface area (Å²) in [5.74, 6) is -1.58. The number of sulfonamides is 1. The van der Waals surface area contributed by atoms with Crippen molar-refractivity contribution in [3.05, 3.63) is 99.5 Å². The van der Waals surface area contributed by atoms with Gasteiger partial charge in [-0.25, -0.2) is 12.7 Å². The molecule has 2 atom stereocenters. The Bertz CT molecular complexity index is 1530. The van der Waals surface area contributed by atoms with Gasteiger partial charge in [-0.1, -0.05) is 78.7 Å². The van der Waals surface area contributed by atoms with Gasteiger partial charge in [-0.3, -0.25) is 14.4 Å². The van der Waals surface area contributed by atoms with Crippen LogP contribution in [0.2, 0.25) is 10.0 Å². The van der Waals surface area contributed by atoms with E-state index in [1.54, 1.807) is 24.3 Å². The normalized spacial score (nSPS) is 15.2. The number of hydrogen-bond donors (Lipinski definition) is 1. The second-order valence-corrected chi connectivity index (χ2v) is 12.5. The van der Waals surface area contributed by atoms with Crippen LogP contribution >= 0.6 is 23.2 Å². The molecule has 216 valence electrons. The number of halogens is 2. The van der Waals surface area contributed by atoms with E-state index in [9.17, 15) is 22.8 Å². The maximum absolute atomic E-state index is 13.9. The lowest BCUT2D eigenvalue weighted by Crippen LogP contribution is -2.52. The average Bonchev–Trinajstić information content (AvgIpc) is 3.15. The number of carbonyl (C=O) groups excluding carboxylic acids is 3. The average molecular weight is 617 g/mol. The van der Waals surface area contributed by atoms with Crippen LogP contribution in [-0.4, -0.2) is 54.0 Å². The van der Waals surface area contributed by atoms with E-state index in [1.807, 2.05) is 44.2 Å². The van der Waals surface area contributed by atoms with E-state index in [1.165, 1.54) is 23.1 Å². The molecule has 0 unspecified atom stereocenters. The summed E-state index contributed by atoms with van der Waals surface area (Å²) in [7, 11) is -4.10. The summed E-state index contributed by atoms with van der Waals surface area (Å²) in [6.45, 7) is 3.33. The zero-order valence-electron chi connectivity index (χ0n) is 22.7. The molecular formula is C30H31Cl2N3O5S.